The van der Waals surface area contributed by atoms with Gasteiger partial charge in [-0.3, -0.25) is 9.59 Å². The summed E-state index contributed by atoms with van der Waals surface area (Å²) in [5, 5.41) is 15.8. The number of hydrogen-bond donors (Lipinski definition) is 2. The quantitative estimate of drug-likeness (QED) is 0.833. The predicted molar refractivity (Wildman–Crippen MR) is 111 cm³/mol. The second kappa shape index (κ2) is 8.42. The van der Waals surface area contributed by atoms with Gasteiger partial charge in [0.15, 0.2) is 0 Å². The standard InChI is InChI=1S/C21H21ClN4O2/c1-13-15(7-14-3-5-24-6-4-14)8-17(22)11-19(13)25-21(28)16-9-18(12-23)26(2)20(27)10-16/h7-11,24H,3-6H2,1-2H3,(H,25,28). The van der Waals surface area contributed by atoms with Gasteiger partial charge in [0.25, 0.3) is 11.5 Å². The summed E-state index contributed by atoms with van der Waals surface area (Å²) in [6.45, 7) is 3.84. The van der Waals surface area contributed by atoms with E-state index in [0.717, 1.165) is 37.1 Å². The molecule has 3 rings (SSSR count). The summed E-state index contributed by atoms with van der Waals surface area (Å²) in [7, 11) is 1.49. The molecule has 0 radical (unpaired) electrons. The molecule has 0 bridgehead atoms. The number of benzene rings is 1. The first-order valence-electron chi connectivity index (χ1n) is 9.02. The first-order chi connectivity index (χ1) is 13.4. The molecule has 0 aliphatic carbocycles. The van der Waals surface area contributed by atoms with Gasteiger partial charge in [0.2, 0.25) is 0 Å². The first kappa shape index (κ1) is 19.9. The van der Waals surface area contributed by atoms with Crippen LogP contribution in [0, 0.1) is 18.3 Å². The summed E-state index contributed by atoms with van der Waals surface area (Å²) >= 11 is 6.27. The Labute approximate surface area is 168 Å². The number of halogens is 1. The smallest absolute Gasteiger partial charge is 0.255 e. The van der Waals surface area contributed by atoms with Crippen LogP contribution in [-0.2, 0) is 7.05 Å². The van der Waals surface area contributed by atoms with Crippen molar-refractivity contribution in [2.75, 3.05) is 18.4 Å². The zero-order valence-electron chi connectivity index (χ0n) is 15.8. The molecule has 144 valence electrons. The number of carbonyl (C=O) groups is 1. The van der Waals surface area contributed by atoms with E-state index >= 15 is 0 Å². The number of anilines is 1. The van der Waals surface area contributed by atoms with Crippen LogP contribution in [0.15, 0.2) is 34.6 Å². The number of rotatable bonds is 3. The van der Waals surface area contributed by atoms with Gasteiger partial charge >= 0.3 is 0 Å². The van der Waals surface area contributed by atoms with Crippen LogP contribution in [0.5, 0.6) is 0 Å². The van der Waals surface area contributed by atoms with Crippen LogP contribution in [-0.4, -0.2) is 23.6 Å². The van der Waals surface area contributed by atoms with Gasteiger partial charge in [-0.25, -0.2) is 0 Å². The number of carbonyl (C=O) groups excluding carboxylic acids is 1. The highest BCUT2D eigenvalue weighted by Crippen LogP contribution is 2.28. The number of hydrogen-bond acceptors (Lipinski definition) is 4. The molecule has 1 aromatic carbocycles. The zero-order valence-corrected chi connectivity index (χ0v) is 16.6. The Morgan fingerprint density at radius 3 is 2.68 bits per heavy atom. The van der Waals surface area contributed by atoms with Crippen LogP contribution < -0.4 is 16.2 Å². The van der Waals surface area contributed by atoms with E-state index in [1.165, 1.54) is 29.3 Å². The maximum absolute atomic E-state index is 12.7. The molecule has 2 N–H and O–H groups in total. The first-order valence-corrected chi connectivity index (χ1v) is 9.39. The summed E-state index contributed by atoms with van der Waals surface area (Å²) in [5.74, 6) is -0.458. The lowest BCUT2D eigenvalue weighted by Crippen LogP contribution is -2.23. The molecule has 0 unspecified atom stereocenters. The van der Waals surface area contributed by atoms with Gasteiger partial charge < -0.3 is 15.2 Å². The number of aromatic nitrogens is 1. The minimum atomic E-state index is -0.458. The van der Waals surface area contributed by atoms with Crippen LogP contribution in [0.4, 0.5) is 5.69 Å². The molecule has 2 heterocycles. The molecule has 1 aromatic heterocycles. The number of amides is 1. The highest BCUT2D eigenvalue weighted by molar-refractivity contribution is 6.31. The van der Waals surface area contributed by atoms with Crippen molar-refractivity contribution in [2.45, 2.75) is 19.8 Å². The Kier molecular flexibility index (Phi) is 5.98. The topological polar surface area (TPSA) is 86.9 Å². The molecular weight excluding hydrogens is 376 g/mol. The van der Waals surface area contributed by atoms with E-state index in [9.17, 15) is 9.59 Å². The summed E-state index contributed by atoms with van der Waals surface area (Å²) in [6, 6.07) is 8.10. The maximum Gasteiger partial charge on any atom is 0.255 e. The van der Waals surface area contributed by atoms with Gasteiger partial charge in [-0.05, 0) is 62.2 Å². The van der Waals surface area contributed by atoms with Gasteiger partial charge in [-0.2, -0.15) is 5.26 Å². The summed E-state index contributed by atoms with van der Waals surface area (Å²) in [4.78, 5) is 24.6. The van der Waals surface area contributed by atoms with Crippen molar-refractivity contribution < 1.29 is 4.79 Å². The molecule has 28 heavy (non-hydrogen) atoms. The Balaban J connectivity index is 1.92. The molecule has 1 amide bonds. The molecule has 0 saturated carbocycles. The van der Waals surface area contributed by atoms with Crippen LogP contribution >= 0.6 is 11.6 Å². The predicted octanol–water partition coefficient (Wildman–Crippen LogP) is 3.24. The van der Waals surface area contributed by atoms with Crippen molar-refractivity contribution in [3.05, 3.63) is 67.6 Å². The molecule has 7 heteroatoms. The second-order valence-electron chi connectivity index (χ2n) is 6.81. The van der Waals surface area contributed by atoms with E-state index in [1.807, 2.05) is 19.1 Å². The molecule has 0 spiro atoms. The van der Waals surface area contributed by atoms with Crippen molar-refractivity contribution in [1.29, 1.82) is 5.26 Å². The fourth-order valence-corrected chi connectivity index (χ4v) is 3.39. The van der Waals surface area contributed by atoms with Gasteiger partial charge in [-0.15, -0.1) is 0 Å². The van der Waals surface area contributed by atoms with E-state index in [-0.39, 0.29) is 11.3 Å². The van der Waals surface area contributed by atoms with Crippen LogP contribution in [0.3, 0.4) is 0 Å². The van der Waals surface area contributed by atoms with Crippen LogP contribution in [0.1, 0.15) is 40.0 Å². The Morgan fingerprint density at radius 1 is 1.29 bits per heavy atom. The van der Waals surface area contributed by atoms with Crippen LogP contribution in [0.2, 0.25) is 5.02 Å². The number of piperidine rings is 1. The molecule has 1 saturated heterocycles. The third-order valence-corrected chi connectivity index (χ3v) is 5.12. The van der Waals surface area contributed by atoms with Gasteiger partial charge in [-0.1, -0.05) is 23.3 Å². The lowest BCUT2D eigenvalue weighted by atomic mass is 9.99. The average molecular weight is 397 g/mol. The highest BCUT2D eigenvalue weighted by atomic mass is 35.5. The third-order valence-electron chi connectivity index (χ3n) is 4.91. The van der Waals surface area contributed by atoms with E-state index in [0.29, 0.717) is 10.7 Å². The SMILES string of the molecule is Cc1c(C=C2CCNCC2)cc(Cl)cc1NC(=O)c1cc(C#N)n(C)c(=O)c1. The Morgan fingerprint density at radius 2 is 2.00 bits per heavy atom. The Hall–Kier alpha value is -2.88. The van der Waals surface area contributed by atoms with E-state index in [2.05, 4.69) is 16.7 Å². The molecule has 0 atom stereocenters. The number of nitriles is 1. The highest BCUT2D eigenvalue weighted by Gasteiger charge is 2.14. The largest absolute Gasteiger partial charge is 0.322 e. The van der Waals surface area contributed by atoms with Gasteiger partial charge in [0, 0.05) is 29.4 Å². The van der Waals surface area contributed by atoms with Gasteiger partial charge in [0.1, 0.15) is 11.8 Å². The minimum Gasteiger partial charge on any atom is -0.322 e. The van der Waals surface area contributed by atoms with Crippen molar-refractivity contribution in [1.82, 2.24) is 9.88 Å². The normalized spacial score (nSPS) is 13.7. The molecule has 1 fully saturated rings. The number of pyridine rings is 1. The average Bonchev–Trinajstić information content (AvgIpc) is 2.68. The molecule has 2 aromatic rings. The van der Waals surface area contributed by atoms with Crippen molar-refractivity contribution in [2.24, 2.45) is 7.05 Å². The lowest BCUT2D eigenvalue weighted by Gasteiger charge is -2.17. The molecule has 6 nitrogen and oxygen atoms in total. The fourth-order valence-electron chi connectivity index (χ4n) is 3.16. The second-order valence-corrected chi connectivity index (χ2v) is 7.25. The lowest BCUT2D eigenvalue weighted by molar-refractivity contribution is 0.102. The van der Waals surface area contributed by atoms with E-state index in [1.54, 1.807) is 6.07 Å². The molecule has 1 aliphatic heterocycles. The maximum atomic E-state index is 12.7. The number of nitrogens with one attached hydrogen (secondary N) is 2. The van der Waals surface area contributed by atoms with Crippen molar-refractivity contribution >= 4 is 29.3 Å². The molecule has 1 aliphatic rings. The monoisotopic (exact) mass is 396 g/mol. The summed E-state index contributed by atoms with van der Waals surface area (Å²) in [5.41, 5.74) is 3.62. The fraction of sp³-hybridized carbons (Fsp3) is 0.286. The van der Waals surface area contributed by atoms with Crippen LogP contribution in [0.25, 0.3) is 6.08 Å². The molecular formula is C21H21ClN4O2. The van der Waals surface area contributed by atoms with Gasteiger partial charge in [0.05, 0.1) is 0 Å². The minimum absolute atomic E-state index is 0.122. The van der Waals surface area contributed by atoms with E-state index in [4.69, 9.17) is 16.9 Å². The van der Waals surface area contributed by atoms with E-state index < -0.39 is 11.5 Å². The summed E-state index contributed by atoms with van der Waals surface area (Å²) < 4.78 is 1.20. The zero-order chi connectivity index (χ0) is 20.3. The Bertz CT molecular complexity index is 1060. The summed E-state index contributed by atoms with van der Waals surface area (Å²) in [6.07, 6.45) is 4.10. The number of nitrogens with zero attached hydrogens (tertiary/aromatic N) is 2. The van der Waals surface area contributed by atoms with Crippen molar-refractivity contribution in [3.63, 3.8) is 0 Å². The third kappa shape index (κ3) is 4.33. The van der Waals surface area contributed by atoms with Crippen molar-refractivity contribution in [3.8, 4) is 6.07 Å².